The van der Waals surface area contributed by atoms with Gasteiger partial charge in [0.1, 0.15) is 18.5 Å². The maximum Gasteiger partial charge on any atom is 0.254 e. The number of carbonyl (C=O) groups excluding carboxylic acids is 1. The molecule has 128 valence electrons. The van der Waals surface area contributed by atoms with Gasteiger partial charge in [0, 0.05) is 6.54 Å². The minimum absolute atomic E-state index is 0.0919. The van der Waals surface area contributed by atoms with Crippen molar-refractivity contribution in [2.75, 3.05) is 13.2 Å². The first-order valence-corrected chi connectivity index (χ1v) is 7.18. The quantitative estimate of drug-likeness (QED) is 0.796. The molecule has 0 aromatic heterocycles. The fourth-order valence-electron chi connectivity index (χ4n) is 1.97. The largest absolute Gasteiger partial charge is 0.491 e. The molecular formula is C17H16F3NO3. The van der Waals surface area contributed by atoms with Gasteiger partial charge in [-0.2, -0.15) is 0 Å². The number of aliphatic hydroxyl groups is 1. The average molecular weight is 339 g/mol. The molecule has 0 radical (unpaired) electrons. The highest BCUT2D eigenvalue weighted by molar-refractivity contribution is 5.94. The van der Waals surface area contributed by atoms with Crippen LogP contribution < -0.4 is 10.1 Å². The van der Waals surface area contributed by atoms with Crippen LogP contribution in [0.2, 0.25) is 0 Å². The molecule has 0 heterocycles. The summed E-state index contributed by atoms with van der Waals surface area (Å²) < 4.78 is 44.8. The highest BCUT2D eigenvalue weighted by atomic mass is 19.2. The molecule has 1 unspecified atom stereocenters. The average Bonchev–Trinajstić information content (AvgIpc) is 2.57. The molecule has 2 aromatic carbocycles. The van der Waals surface area contributed by atoms with Crippen molar-refractivity contribution in [1.82, 2.24) is 5.32 Å². The topological polar surface area (TPSA) is 58.6 Å². The van der Waals surface area contributed by atoms with E-state index in [0.717, 1.165) is 11.6 Å². The summed E-state index contributed by atoms with van der Waals surface area (Å²) in [4.78, 5) is 11.8. The van der Waals surface area contributed by atoms with Gasteiger partial charge in [-0.1, -0.05) is 18.2 Å². The molecule has 1 amide bonds. The van der Waals surface area contributed by atoms with Gasteiger partial charge in [-0.15, -0.1) is 0 Å². The summed E-state index contributed by atoms with van der Waals surface area (Å²) in [5.74, 6) is -5.03. The van der Waals surface area contributed by atoms with Gasteiger partial charge in [-0.05, 0) is 30.7 Å². The minimum Gasteiger partial charge on any atom is -0.491 e. The van der Waals surface area contributed by atoms with Crippen LogP contribution in [0.5, 0.6) is 5.75 Å². The number of rotatable bonds is 6. The Morgan fingerprint density at radius 1 is 1.17 bits per heavy atom. The van der Waals surface area contributed by atoms with E-state index in [4.69, 9.17) is 4.74 Å². The normalized spacial score (nSPS) is 11.9. The van der Waals surface area contributed by atoms with Crippen molar-refractivity contribution in [2.45, 2.75) is 13.0 Å². The van der Waals surface area contributed by atoms with Crippen molar-refractivity contribution in [2.24, 2.45) is 0 Å². The number of carbonyl (C=O) groups is 1. The lowest BCUT2D eigenvalue weighted by molar-refractivity contribution is 0.0838. The number of hydrogen-bond donors (Lipinski definition) is 2. The van der Waals surface area contributed by atoms with E-state index in [1.165, 1.54) is 0 Å². The molecule has 24 heavy (non-hydrogen) atoms. The second-order valence-electron chi connectivity index (χ2n) is 5.16. The number of aliphatic hydroxyl groups excluding tert-OH is 1. The third-order valence-electron chi connectivity index (χ3n) is 3.30. The first kappa shape index (κ1) is 17.8. The Labute approximate surface area is 136 Å². The van der Waals surface area contributed by atoms with Crippen LogP contribution in [0.15, 0.2) is 36.4 Å². The number of para-hydroxylation sites is 1. The molecule has 0 saturated heterocycles. The Balaban J connectivity index is 1.88. The Morgan fingerprint density at radius 3 is 2.58 bits per heavy atom. The van der Waals surface area contributed by atoms with Crippen LogP contribution in [0.25, 0.3) is 0 Å². The zero-order valence-corrected chi connectivity index (χ0v) is 12.9. The predicted molar refractivity (Wildman–Crippen MR) is 81.3 cm³/mol. The molecule has 2 N–H and O–H groups in total. The zero-order chi connectivity index (χ0) is 17.7. The Kier molecular flexibility index (Phi) is 5.81. The summed E-state index contributed by atoms with van der Waals surface area (Å²) in [5.41, 5.74) is 0.249. The Morgan fingerprint density at radius 2 is 1.88 bits per heavy atom. The molecule has 0 aliphatic heterocycles. The van der Waals surface area contributed by atoms with Crippen molar-refractivity contribution in [3.8, 4) is 5.75 Å². The molecule has 4 nitrogen and oxygen atoms in total. The molecule has 2 rings (SSSR count). The van der Waals surface area contributed by atoms with Crippen LogP contribution in [0.3, 0.4) is 0 Å². The maximum atomic E-state index is 13.5. The van der Waals surface area contributed by atoms with E-state index in [9.17, 15) is 23.1 Å². The molecule has 0 spiro atoms. The van der Waals surface area contributed by atoms with E-state index in [1.54, 1.807) is 12.1 Å². The number of halogens is 3. The molecule has 0 aliphatic rings. The molecule has 0 bridgehead atoms. The van der Waals surface area contributed by atoms with Crippen LogP contribution in [-0.4, -0.2) is 30.3 Å². The number of ether oxygens (including phenoxy) is 1. The molecule has 0 aliphatic carbocycles. The summed E-state index contributed by atoms with van der Waals surface area (Å²) in [5, 5.41) is 12.0. The number of hydrogen-bond acceptors (Lipinski definition) is 3. The standard InChI is InChI=1S/C17H16F3NO3/c1-10-4-2-3-5-14(10)24-9-11(22)8-21-17(23)12-6-7-13(18)16(20)15(12)19/h2-7,11,22H,8-9H2,1H3,(H,21,23). The van der Waals surface area contributed by atoms with Gasteiger partial charge in [0.15, 0.2) is 17.5 Å². The number of aryl methyl sites for hydroxylation is 1. The van der Waals surface area contributed by atoms with E-state index in [1.807, 2.05) is 19.1 Å². The third-order valence-corrected chi connectivity index (χ3v) is 3.30. The van der Waals surface area contributed by atoms with Crippen LogP contribution >= 0.6 is 0 Å². The second kappa shape index (κ2) is 7.83. The van der Waals surface area contributed by atoms with E-state index >= 15 is 0 Å². The van der Waals surface area contributed by atoms with Gasteiger partial charge in [-0.25, -0.2) is 13.2 Å². The first-order chi connectivity index (χ1) is 11.4. The van der Waals surface area contributed by atoms with Gasteiger partial charge in [0.05, 0.1) is 5.56 Å². The molecule has 1 atom stereocenters. The van der Waals surface area contributed by atoms with Crippen molar-refractivity contribution < 1.29 is 27.8 Å². The fourth-order valence-corrected chi connectivity index (χ4v) is 1.97. The highest BCUT2D eigenvalue weighted by Crippen LogP contribution is 2.16. The maximum absolute atomic E-state index is 13.5. The van der Waals surface area contributed by atoms with Gasteiger partial charge in [0.25, 0.3) is 5.91 Å². The monoisotopic (exact) mass is 339 g/mol. The van der Waals surface area contributed by atoms with Gasteiger partial charge in [-0.3, -0.25) is 4.79 Å². The van der Waals surface area contributed by atoms with Gasteiger partial charge in [0.2, 0.25) is 0 Å². The third kappa shape index (κ3) is 4.26. The highest BCUT2D eigenvalue weighted by Gasteiger charge is 2.19. The van der Waals surface area contributed by atoms with E-state index in [0.29, 0.717) is 11.8 Å². The predicted octanol–water partition coefficient (Wildman–Crippen LogP) is 2.58. The number of amides is 1. The van der Waals surface area contributed by atoms with Gasteiger partial charge < -0.3 is 15.2 Å². The molecule has 2 aromatic rings. The lowest BCUT2D eigenvalue weighted by Gasteiger charge is -2.14. The Bertz CT molecular complexity index is 737. The first-order valence-electron chi connectivity index (χ1n) is 7.18. The van der Waals surface area contributed by atoms with Crippen molar-refractivity contribution in [3.05, 3.63) is 65.0 Å². The lowest BCUT2D eigenvalue weighted by atomic mass is 10.2. The molecule has 7 heteroatoms. The second-order valence-corrected chi connectivity index (χ2v) is 5.16. The summed E-state index contributed by atoms with van der Waals surface area (Å²) in [7, 11) is 0. The zero-order valence-electron chi connectivity index (χ0n) is 12.9. The Hall–Kier alpha value is -2.54. The van der Waals surface area contributed by atoms with Crippen molar-refractivity contribution in [1.29, 1.82) is 0 Å². The SMILES string of the molecule is Cc1ccccc1OCC(O)CNC(=O)c1ccc(F)c(F)c1F. The van der Waals surface area contributed by atoms with Crippen LogP contribution in [-0.2, 0) is 0 Å². The van der Waals surface area contributed by atoms with E-state index < -0.39 is 35.0 Å². The smallest absolute Gasteiger partial charge is 0.254 e. The van der Waals surface area contributed by atoms with E-state index in [2.05, 4.69) is 5.32 Å². The summed E-state index contributed by atoms with van der Waals surface area (Å²) in [6.07, 6.45) is -1.05. The summed E-state index contributed by atoms with van der Waals surface area (Å²) in [6, 6.07) is 8.69. The summed E-state index contributed by atoms with van der Waals surface area (Å²) >= 11 is 0. The van der Waals surface area contributed by atoms with Crippen LogP contribution in [0.1, 0.15) is 15.9 Å². The number of benzene rings is 2. The lowest BCUT2D eigenvalue weighted by Crippen LogP contribution is -2.35. The van der Waals surface area contributed by atoms with Crippen LogP contribution in [0.4, 0.5) is 13.2 Å². The fraction of sp³-hybridized carbons (Fsp3) is 0.235. The van der Waals surface area contributed by atoms with Crippen molar-refractivity contribution in [3.63, 3.8) is 0 Å². The molecule has 0 saturated carbocycles. The number of nitrogens with one attached hydrogen (secondary N) is 1. The molecular weight excluding hydrogens is 323 g/mol. The summed E-state index contributed by atoms with van der Waals surface area (Å²) in [6.45, 7) is 1.52. The van der Waals surface area contributed by atoms with Crippen LogP contribution in [0, 0.1) is 24.4 Å². The van der Waals surface area contributed by atoms with Crippen molar-refractivity contribution >= 4 is 5.91 Å². The van der Waals surface area contributed by atoms with Gasteiger partial charge >= 0.3 is 0 Å². The van der Waals surface area contributed by atoms with E-state index in [-0.39, 0.29) is 13.2 Å². The molecule has 0 fully saturated rings. The minimum atomic E-state index is -1.72.